The van der Waals surface area contributed by atoms with E-state index in [0.717, 1.165) is 38.8 Å². The number of aryl methyl sites for hydroxylation is 1. The van der Waals surface area contributed by atoms with Crippen molar-refractivity contribution in [3.8, 4) is 0 Å². The minimum atomic E-state index is 0.400. The highest BCUT2D eigenvalue weighted by atomic mass is 127. The number of aromatic nitrogens is 4. The van der Waals surface area contributed by atoms with Crippen molar-refractivity contribution in [1.29, 1.82) is 0 Å². The van der Waals surface area contributed by atoms with Crippen LogP contribution < -0.4 is 11.1 Å². The van der Waals surface area contributed by atoms with Gasteiger partial charge in [0.05, 0.1) is 0 Å². The third kappa shape index (κ3) is 4.79. The van der Waals surface area contributed by atoms with Gasteiger partial charge in [0.25, 0.3) is 0 Å². The number of nitrogens with two attached hydrogens (primary N) is 1. The molecular weight excluding hydrogens is 483 g/mol. The molecule has 0 aliphatic carbocycles. The molecule has 0 saturated heterocycles. The summed E-state index contributed by atoms with van der Waals surface area (Å²) >= 11 is 10.0. The average Bonchev–Trinajstić information content (AvgIpc) is 2.89. The molecule has 0 unspecified atom stereocenters. The number of nitrogens with zero attached hydrogens (tertiary/aromatic N) is 4. The lowest BCUT2D eigenvalue weighted by Gasteiger charge is -2.11. The Balaban J connectivity index is 1.92. The molecule has 0 fully saturated rings. The van der Waals surface area contributed by atoms with Crippen LogP contribution in [0.25, 0.3) is 11.2 Å². The van der Waals surface area contributed by atoms with E-state index in [1.807, 2.05) is 12.1 Å². The molecule has 6 nitrogen and oxygen atoms in total. The SMILES string of the molecule is CC(C)NCCCn1c(Sc2cc(Cl)cc(I)c2)nc2c(N)ncnc21. The molecule has 0 spiro atoms. The van der Waals surface area contributed by atoms with E-state index >= 15 is 0 Å². The number of imidazole rings is 1. The lowest BCUT2D eigenvalue weighted by Crippen LogP contribution is -2.24. The molecule has 0 aliphatic rings. The molecule has 1 aromatic carbocycles. The van der Waals surface area contributed by atoms with Crippen LogP contribution in [0.15, 0.2) is 34.6 Å². The zero-order valence-corrected chi connectivity index (χ0v) is 18.3. The summed E-state index contributed by atoms with van der Waals surface area (Å²) in [6.45, 7) is 6.01. The first-order valence-electron chi connectivity index (χ1n) is 8.28. The lowest BCUT2D eigenvalue weighted by atomic mass is 10.3. The molecule has 2 aromatic heterocycles. The fourth-order valence-electron chi connectivity index (χ4n) is 2.53. The van der Waals surface area contributed by atoms with Crippen molar-refractivity contribution in [1.82, 2.24) is 24.8 Å². The molecule has 0 aliphatic heterocycles. The van der Waals surface area contributed by atoms with Crippen LogP contribution in [0.5, 0.6) is 0 Å². The van der Waals surface area contributed by atoms with Crippen LogP contribution >= 0.6 is 46.0 Å². The Morgan fingerprint density at radius 1 is 1.31 bits per heavy atom. The summed E-state index contributed by atoms with van der Waals surface area (Å²) in [7, 11) is 0. The zero-order valence-electron chi connectivity index (χ0n) is 14.5. The maximum absolute atomic E-state index is 6.20. The molecule has 0 saturated carbocycles. The smallest absolute Gasteiger partial charge is 0.175 e. The summed E-state index contributed by atoms with van der Waals surface area (Å²) in [4.78, 5) is 14.2. The Kier molecular flexibility index (Phi) is 6.60. The lowest BCUT2D eigenvalue weighted by molar-refractivity contribution is 0.525. The van der Waals surface area contributed by atoms with Gasteiger partial charge < -0.3 is 15.6 Å². The molecule has 0 bridgehead atoms. The van der Waals surface area contributed by atoms with E-state index in [2.05, 4.69) is 62.4 Å². The van der Waals surface area contributed by atoms with Gasteiger partial charge in [-0.05, 0) is 53.8 Å². The van der Waals surface area contributed by atoms with Crippen molar-refractivity contribution in [3.63, 3.8) is 0 Å². The van der Waals surface area contributed by atoms with E-state index in [4.69, 9.17) is 22.3 Å². The Labute approximate surface area is 175 Å². The van der Waals surface area contributed by atoms with Gasteiger partial charge in [0.1, 0.15) is 6.33 Å². The molecule has 0 amide bonds. The third-order valence-corrected chi connectivity index (χ3v) is 5.49. The fraction of sp³-hybridized carbons (Fsp3) is 0.353. The van der Waals surface area contributed by atoms with Crippen molar-refractivity contribution in [2.45, 2.75) is 42.9 Å². The van der Waals surface area contributed by atoms with E-state index in [-0.39, 0.29) is 0 Å². The van der Waals surface area contributed by atoms with Gasteiger partial charge in [0, 0.05) is 26.1 Å². The number of fused-ring (bicyclic) bond motifs is 1. The number of hydrogen-bond acceptors (Lipinski definition) is 6. The summed E-state index contributed by atoms with van der Waals surface area (Å²) in [6.07, 6.45) is 2.45. The quantitative estimate of drug-likeness (QED) is 0.372. The van der Waals surface area contributed by atoms with Gasteiger partial charge >= 0.3 is 0 Å². The van der Waals surface area contributed by atoms with Crippen LogP contribution in [0, 0.1) is 3.57 Å². The van der Waals surface area contributed by atoms with Gasteiger partial charge in [-0.25, -0.2) is 15.0 Å². The predicted molar refractivity (Wildman–Crippen MR) is 116 cm³/mol. The van der Waals surface area contributed by atoms with Crippen LogP contribution in [0.1, 0.15) is 20.3 Å². The Morgan fingerprint density at radius 3 is 2.85 bits per heavy atom. The Morgan fingerprint density at radius 2 is 2.12 bits per heavy atom. The number of nitrogens with one attached hydrogen (secondary N) is 1. The third-order valence-electron chi connectivity index (χ3n) is 3.68. The largest absolute Gasteiger partial charge is 0.382 e. The maximum Gasteiger partial charge on any atom is 0.175 e. The minimum Gasteiger partial charge on any atom is -0.382 e. The highest BCUT2D eigenvalue weighted by Gasteiger charge is 2.16. The highest BCUT2D eigenvalue weighted by Crippen LogP contribution is 2.33. The second kappa shape index (κ2) is 8.73. The van der Waals surface area contributed by atoms with Crippen molar-refractivity contribution >= 4 is 62.9 Å². The summed E-state index contributed by atoms with van der Waals surface area (Å²) in [6, 6.07) is 6.41. The summed E-state index contributed by atoms with van der Waals surface area (Å²) in [5.74, 6) is 0.400. The fourth-order valence-corrected chi connectivity index (χ4v) is 4.91. The summed E-state index contributed by atoms with van der Waals surface area (Å²) < 4.78 is 3.19. The van der Waals surface area contributed by atoms with Gasteiger partial charge in [-0.1, -0.05) is 37.2 Å². The van der Waals surface area contributed by atoms with Gasteiger partial charge in [-0.15, -0.1) is 0 Å². The van der Waals surface area contributed by atoms with Crippen molar-refractivity contribution in [2.75, 3.05) is 12.3 Å². The number of rotatable bonds is 7. The molecule has 9 heteroatoms. The molecule has 26 heavy (non-hydrogen) atoms. The molecular formula is C17H20ClIN6S. The first kappa shape index (κ1) is 19.7. The van der Waals surface area contributed by atoms with E-state index in [9.17, 15) is 0 Å². The standard InChI is InChI=1S/C17H20ClIN6S/c1-10(2)21-4-3-5-25-16-14(15(20)22-9-23-16)24-17(25)26-13-7-11(18)6-12(19)8-13/h6-10,21H,3-5H2,1-2H3,(H2,20,22,23). The monoisotopic (exact) mass is 502 g/mol. The van der Waals surface area contributed by atoms with Crippen molar-refractivity contribution in [2.24, 2.45) is 0 Å². The van der Waals surface area contributed by atoms with Crippen LogP contribution in [0.2, 0.25) is 5.02 Å². The number of halogens is 2. The molecule has 0 radical (unpaired) electrons. The van der Waals surface area contributed by atoms with Crippen LogP contribution in [0.3, 0.4) is 0 Å². The summed E-state index contributed by atoms with van der Waals surface area (Å²) in [5.41, 5.74) is 7.41. The number of nitrogen functional groups attached to an aromatic ring is 1. The van der Waals surface area contributed by atoms with Crippen molar-refractivity contribution < 1.29 is 0 Å². The molecule has 0 atom stereocenters. The van der Waals surface area contributed by atoms with Gasteiger partial charge in [-0.3, -0.25) is 0 Å². The zero-order chi connectivity index (χ0) is 18.7. The van der Waals surface area contributed by atoms with Crippen LogP contribution in [-0.2, 0) is 6.54 Å². The molecule has 3 N–H and O–H groups in total. The van der Waals surface area contributed by atoms with E-state index in [1.165, 1.54) is 6.33 Å². The van der Waals surface area contributed by atoms with Crippen LogP contribution in [0.4, 0.5) is 5.82 Å². The first-order valence-corrected chi connectivity index (χ1v) is 10.6. The molecule has 3 aromatic rings. The number of anilines is 1. The van der Waals surface area contributed by atoms with E-state index in [1.54, 1.807) is 11.8 Å². The predicted octanol–water partition coefficient (Wildman–Crippen LogP) is 4.21. The molecule has 2 heterocycles. The highest BCUT2D eigenvalue weighted by molar-refractivity contribution is 14.1. The minimum absolute atomic E-state index is 0.400. The Hall–Kier alpha value is -1.10. The molecule has 138 valence electrons. The van der Waals surface area contributed by atoms with Crippen LogP contribution in [-0.4, -0.2) is 32.1 Å². The van der Waals surface area contributed by atoms with Crippen molar-refractivity contribution in [3.05, 3.63) is 33.1 Å². The number of benzene rings is 1. The molecule has 3 rings (SSSR count). The maximum atomic E-state index is 6.20. The van der Waals surface area contributed by atoms with E-state index in [0.29, 0.717) is 22.4 Å². The average molecular weight is 503 g/mol. The second-order valence-corrected chi connectivity index (χ2v) is 8.87. The van der Waals surface area contributed by atoms with E-state index < -0.39 is 0 Å². The topological polar surface area (TPSA) is 81.7 Å². The number of hydrogen-bond donors (Lipinski definition) is 2. The summed E-state index contributed by atoms with van der Waals surface area (Å²) in [5, 5.41) is 4.99. The van der Waals surface area contributed by atoms with Gasteiger partial charge in [0.15, 0.2) is 22.1 Å². The normalized spacial score (nSPS) is 11.6. The van der Waals surface area contributed by atoms with Gasteiger partial charge in [0.2, 0.25) is 0 Å². The Bertz CT molecular complexity index is 893. The second-order valence-electron chi connectivity index (χ2n) is 6.15. The first-order chi connectivity index (χ1) is 12.4. The van der Waals surface area contributed by atoms with Gasteiger partial charge in [-0.2, -0.15) is 0 Å².